The van der Waals surface area contributed by atoms with Crippen molar-refractivity contribution in [1.29, 1.82) is 5.26 Å². The summed E-state index contributed by atoms with van der Waals surface area (Å²) in [5, 5.41) is 28.3. The Morgan fingerprint density at radius 2 is 2.42 bits per heavy atom. The molecule has 0 aliphatic carbocycles. The lowest BCUT2D eigenvalue weighted by atomic mass is 10.2. The molecular formula is C11H7N7S. The second-order valence-electron chi connectivity index (χ2n) is 3.64. The van der Waals surface area contributed by atoms with Crippen LogP contribution in [0.4, 0.5) is 5.69 Å². The molecule has 0 aliphatic heterocycles. The summed E-state index contributed by atoms with van der Waals surface area (Å²) in [6.07, 6.45) is 1.55. The smallest absolute Gasteiger partial charge is 0.216 e. The number of nitrogens with one attached hydrogen (secondary N) is 2. The molecule has 92 valence electrons. The number of rotatable bonds is 3. The highest BCUT2D eigenvalue weighted by Crippen LogP contribution is 2.20. The molecule has 2 N–H and O–H groups in total. The number of aromatic amines is 1. The van der Waals surface area contributed by atoms with Gasteiger partial charge in [0.15, 0.2) is 0 Å². The number of anilines is 1. The normalized spacial score (nSPS) is 11.4. The van der Waals surface area contributed by atoms with Crippen LogP contribution in [0.2, 0.25) is 0 Å². The summed E-state index contributed by atoms with van der Waals surface area (Å²) in [4.78, 5) is 0. The molecule has 0 saturated carbocycles. The first kappa shape index (κ1) is 11.3. The fraction of sp³-hybridized carbons (Fsp3) is 0. The Hall–Kier alpha value is -2.79. The van der Waals surface area contributed by atoms with E-state index in [4.69, 9.17) is 5.26 Å². The van der Waals surface area contributed by atoms with Gasteiger partial charge in [-0.25, -0.2) is 0 Å². The van der Waals surface area contributed by atoms with Crippen molar-refractivity contribution >= 4 is 33.7 Å². The van der Waals surface area contributed by atoms with Crippen LogP contribution in [0.15, 0.2) is 29.8 Å². The number of nitrogens with zero attached hydrogens (tertiary/aromatic N) is 5. The number of fused-ring (bicyclic) bond motifs is 1. The summed E-state index contributed by atoms with van der Waals surface area (Å²) in [7, 11) is 0. The third kappa shape index (κ3) is 2.27. The minimum Gasteiger partial charge on any atom is -0.360 e. The van der Waals surface area contributed by atoms with E-state index in [-0.39, 0.29) is 5.82 Å². The van der Waals surface area contributed by atoms with Gasteiger partial charge >= 0.3 is 0 Å². The van der Waals surface area contributed by atoms with Gasteiger partial charge < -0.3 is 5.32 Å². The van der Waals surface area contributed by atoms with E-state index >= 15 is 0 Å². The Kier molecular flexibility index (Phi) is 2.88. The van der Waals surface area contributed by atoms with Gasteiger partial charge in [0.05, 0.1) is 5.52 Å². The van der Waals surface area contributed by atoms with Gasteiger partial charge in [-0.05, 0) is 34.9 Å². The molecule has 0 amide bonds. The fourth-order valence-electron chi connectivity index (χ4n) is 1.54. The summed E-state index contributed by atoms with van der Waals surface area (Å²) in [5.74, 6) is 0.258. The molecule has 19 heavy (non-hydrogen) atoms. The van der Waals surface area contributed by atoms with Crippen LogP contribution in [0.25, 0.3) is 16.5 Å². The standard InChI is InChI=1S/C11H7N7S/c12-4-8(11-14-17-18-15-11)5-13-9-1-2-10-7(3-9)6-19-16-10/h1-3,5-6,13H,(H,14,15,17,18). The quantitative estimate of drug-likeness (QED) is 0.702. The lowest BCUT2D eigenvalue weighted by molar-refractivity contribution is 0.881. The number of H-pyrrole nitrogens is 1. The molecule has 0 unspecified atom stereocenters. The van der Waals surface area contributed by atoms with Crippen molar-refractivity contribution in [3.8, 4) is 6.07 Å². The summed E-state index contributed by atoms with van der Waals surface area (Å²) in [6.45, 7) is 0. The minimum atomic E-state index is 0.258. The average molecular weight is 269 g/mol. The van der Waals surface area contributed by atoms with Gasteiger partial charge in [0.2, 0.25) is 5.82 Å². The molecule has 1 aromatic carbocycles. The maximum absolute atomic E-state index is 9.03. The van der Waals surface area contributed by atoms with Crippen molar-refractivity contribution in [2.45, 2.75) is 0 Å². The highest BCUT2D eigenvalue weighted by Gasteiger charge is 2.05. The number of benzene rings is 1. The molecule has 3 rings (SSSR count). The second kappa shape index (κ2) is 4.83. The first-order valence-corrected chi connectivity index (χ1v) is 6.15. The van der Waals surface area contributed by atoms with Gasteiger partial charge in [0.1, 0.15) is 11.6 Å². The Labute approximate surface area is 111 Å². The van der Waals surface area contributed by atoms with E-state index in [1.54, 1.807) is 6.20 Å². The van der Waals surface area contributed by atoms with Crippen LogP contribution >= 0.6 is 11.5 Å². The molecule has 0 saturated heterocycles. The first-order valence-electron chi connectivity index (χ1n) is 5.31. The zero-order chi connectivity index (χ0) is 13.1. The van der Waals surface area contributed by atoms with Gasteiger partial charge in [-0.3, -0.25) is 0 Å². The summed E-state index contributed by atoms with van der Waals surface area (Å²) in [5.41, 5.74) is 2.12. The molecule has 0 atom stereocenters. The van der Waals surface area contributed by atoms with Crippen LogP contribution < -0.4 is 5.32 Å². The molecule has 8 heteroatoms. The Morgan fingerprint density at radius 1 is 1.47 bits per heavy atom. The molecule has 2 aromatic heterocycles. The Balaban J connectivity index is 1.86. The average Bonchev–Trinajstić information content (AvgIpc) is 3.10. The van der Waals surface area contributed by atoms with Crippen LogP contribution in [0, 0.1) is 11.3 Å². The predicted octanol–water partition coefficient (Wildman–Crippen LogP) is 1.79. The van der Waals surface area contributed by atoms with Gasteiger partial charge in [0, 0.05) is 22.7 Å². The van der Waals surface area contributed by atoms with Gasteiger partial charge in [-0.2, -0.15) is 14.8 Å². The van der Waals surface area contributed by atoms with Crippen molar-refractivity contribution in [2.75, 3.05) is 5.32 Å². The van der Waals surface area contributed by atoms with Gasteiger partial charge in [0.25, 0.3) is 0 Å². The number of hydrogen-bond donors (Lipinski definition) is 2. The molecule has 0 radical (unpaired) electrons. The van der Waals surface area contributed by atoms with Crippen LogP contribution in [0.3, 0.4) is 0 Å². The van der Waals surface area contributed by atoms with Crippen molar-refractivity contribution < 1.29 is 0 Å². The SMILES string of the molecule is N#CC(=CNc1ccc2nscc2c1)c1nn[nH]n1. The number of aromatic nitrogens is 5. The van der Waals surface area contributed by atoms with E-state index in [2.05, 4.69) is 30.3 Å². The van der Waals surface area contributed by atoms with Crippen LogP contribution in [-0.2, 0) is 0 Å². The van der Waals surface area contributed by atoms with Gasteiger partial charge in [-0.1, -0.05) is 0 Å². The monoisotopic (exact) mass is 269 g/mol. The number of tetrazole rings is 1. The predicted molar refractivity (Wildman–Crippen MR) is 71.0 cm³/mol. The lowest BCUT2D eigenvalue weighted by Gasteiger charge is -2.00. The van der Waals surface area contributed by atoms with Crippen molar-refractivity contribution in [2.24, 2.45) is 0 Å². The van der Waals surface area contributed by atoms with E-state index in [0.717, 1.165) is 16.6 Å². The third-order valence-corrected chi connectivity index (χ3v) is 3.11. The third-order valence-electron chi connectivity index (χ3n) is 2.45. The largest absolute Gasteiger partial charge is 0.360 e. The van der Waals surface area contributed by atoms with E-state index in [9.17, 15) is 0 Å². The van der Waals surface area contributed by atoms with Gasteiger partial charge in [-0.15, -0.1) is 10.2 Å². The van der Waals surface area contributed by atoms with Crippen molar-refractivity contribution in [1.82, 2.24) is 25.0 Å². The molecule has 3 aromatic rings. The first-order chi connectivity index (χ1) is 9.36. The number of allylic oxidation sites excluding steroid dienone is 1. The molecule has 7 nitrogen and oxygen atoms in total. The summed E-state index contributed by atoms with van der Waals surface area (Å²) < 4.78 is 4.23. The minimum absolute atomic E-state index is 0.258. The van der Waals surface area contributed by atoms with E-state index in [1.807, 2.05) is 29.6 Å². The van der Waals surface area contributed by atoms with Crippen LogP contribution in [0.1, 0.15) is 5.82 Å². The summed E-state index contributed by atoms with van der Waals surface area (Å²) >= 11 is 1.41. The molecule has 0 spiro atoms. The number of hydrogen-bond acceptors (Lipinski definition) is 7. The van der Waals surface area contributed by atoms with Crippen LogP contribution in [0.5, 0.6) is 0 Å². The molecule has 0 aliphatic rings. The van der Waals surface area contributed by atoms with Crippen molar-refractivity contribution in [3.05, 3.63) is 35.6 Å². The fourth-order valence-corrected chi connectivity index (χ4v) is 2.17. The summed E-state index contributed by atoms with van der Waals surface area (Å²) in [6, 6.07) is 7.78. The van der Waals surface area contributed by atoms with Crippen molar-refractivity contribution in [3.63, 3.8) is 0 Å². The van der Waals surface area contributed by atoms with E-state index < -0.39 is 0 Å². The lowest BCUT2D eigenvalue weighted by Crippen LogP contribution is -1.92. The van der Waals surface area contributed by atoms with E-state index in [1.165, 1.54) is 11.5 Å². The molecule has 0 fully saturated rings. The molecular weight excluding hydrogens is 262 g/mol. The zero-order valence-electron chi connectivity index (χ0n) is 9.53. The maximum atomic E-state index is 9.03. The highest BCUT2D eigenvalue weighted by molar-refractivity contribution is 7.04. The molecule has 2 heterocycles. The topological polar surface area (TPSA) is 103 Å². The highest BCUT2D eigenvalue weighted by atomic mass is 32.1. The number of nitriles is 1. The zero-order valence-corrected chi connectivity index (χ0v) is 10.3. The second-order valence-corrected chi connectivity index (χ2v) is 4.27. The van der Waals surface area contributed by atoms with E-state index in [0.29, 0.717) is 5.57 Å². The maximum Gasteiger partial charge on any atom is 0.216 e. The van der Waals surface area contributed by atoms with Crippen LogP contribution in [-0.4, -0.2) is 25.0 Å². The molecule has 0 bridgehead atoms. The Morgan fingerprint density at radius 3 is 3.21 bits per heavy atom. The Bertz CT molecular complexity index is 766.